The highest BCUT2D eigenvalue weighted by Gasteiger charge is 2.25. The summed E-state index contributed by atoms with van der Waals surface area (Å²) in [5.74, 6) is -3.43. The van der Waals surface area contributed by atoms with Crippen molar-refractivity contribution in [2.75, 3.05) is 7.05 Å². The van der Waals surface area contributed by atoms with Crippen molar-refractivity contribution in [3.8, 4) is 11.1 Å². The van der Waals surface area contributed by atoms with Gasteiger partial charge in [-0.15, -0.1) is 0 Å². The van der Waals surface area contributed by atoms with Crippen LogP contribution >= 0.6 is 0 Å². The zero-order chi connectivity index (χ0) is 33.1. The lowest BCUT2D eigenvalue weighted by Gasteiger charge is -2.22. The van der Waals surface area contributed by atoms with Gasteiger partial charge in [0.05, 0.1) is 28.3 Å². The number of aromatic nitrogens is 3. The molecule has 0 aliphatic heterocycles. The molecule has 8 nitrogen and oxygen atoms in total. The maximum Gasteiger partial charge on any atom is 0.333 e. The van der Waals surface area contributed by atoms with Crippen LogP contribution in [0.2, 0.25) is 0 Å². The maximum absolute atomic E-state index is 14.6. The molecular formula is C36H32F3N5O3. The van der Waals surface area contributed by atoms with E-state index in [1.54, 1.807) is 28.8 Å². The van der Waals surface area contributed by atoms with Gasteiger partial charge in [-0.2, -0.15) is 0 Å². The smallest absolute Gasteiger partial charge is 0.333 e. The van der Waals surface area contributed by atoms with Gasteiger partial charge in [0.15, 0.2) is 0 Å². The lowest BCUT2D eigenvalue weighted by atomic mass is 9.94. The van der Waals surface area contributed by atoms with Crippen molar-refractivity contribution in [3.05, 3.63) is 130 Å². The molecule has 0 spiro atoms. The summed E-state index contributed by atoms with van der Waals surface area (Å²) in [5.41, 5.74) is 3.15. The number of benzene rings is 3. The van der Waals surface area contributed by atoms with Crippen LogP contribution in [0.15, 0.2) is 89.9 Å². The van der Waals surface area contributed by atoms with Crippen LogP contribution in [-0.2, 0) is 17.8 Å². The first kappa shape index (κ1) is 31.5. The van der Waals surface area contributed by atoms with E-state index in [2.05, 4.69) is 21.7 Å². The molecule has 0 fully saturated rings. The van der Waals surface area contributed by atoms with Gasteiger partial charge in [0.2, 0.25) is 5.91 Å². The van der Waals surface area contributed by atoms with Gasteiger partial charge in [0, 0.05) is 30.6 Å². The van der Waals surface area contributed by atoms with Crippen LogP contribution in [0.4, 0.5) is 13.2 Å². The summed E-state index contributed by atoms with van der Waals surface area (Å²) in [6.45, 7) is -0.326. The Morgan fingerprint density at radius 2 is 1.70 bits per heavy atom. The number of halogens is 3. The Morgan fingerprint density at radius 3 is 2.43 bits per heavy atom. The summed E-state index contributed by atoms with van der Waals surface area (Å²) in [7, 11) is 1.39. The molecule has 1 atom stereocenters. The molecule has 0 bridgehead atoms. The second-order valence-corrected chi connectivity index (χ2v) is 11.4. The standard InChI is InChI=1S/C36H32F3N5O3/c1-40-35(46)28-19-23(13-14-29(28)39)27-10-7-15-41-34(27)30(18-22-16-24(37)20-25(38)17-22)42-33(45)21-43-31-11-5-6-12-32(31)44(36(43)47)26-8-3-2-4-9-26/h5-8,10-17,19-20,30H,2-4,9,18,21H2,1H3,(H,40,46)(H,42,45)/t30-/m0/s1. The number of fused-ring (bicyclic) bond motifs is 1. The van der Waals surface area contributed by atoms with Crippen LogP contribution in [0.3, 0.4) is 0 Å². The minimum atomic E-state index is -0.932. The number of hydrogen-bond acceptors (Lipinski definition) is 4. The molecule has 3 aromatic carbocycles. The predicted molar refractivity (Wildman–Crippen MR) is 173 cm³/mol. The average Bonchev–Trinajstić information content (AvgIpc) is 3.34. The average molecular weight is 640 g/mol. The quantitative estimate of drug-likeness (QED) is 0.202. The molecule has 240 valence electrons. The first-order valence-corrected chi connectivity index (χ1v) is 15.3. The van der Waals surface area contributed by atoms with Crippen LogP contribution in [-0.4, -0.2) is 33.0 Å². The molecule has 2 N–H and O–H groups in total. The van der Waals surface area contributed by atoms with Crippen LogP contribution < -0.4 is 16.3 Å². The SMILES string of the molecule is CNC(=O)c1cc(-c2cccnc2[C@H](Cc2cc(F)cc(F)c2)NC(=O)Cn2c(=O)n(C3=CCCCC3)c3ccccc32)ccc1F. The van der Waals surface area contributed by atoms with E-state index in [1.165, 1.54) is 42.1 Å². The Bertz CT molecular complexity index is 2060. The number of hydrogen-bond donors (Lipinski definition) is 2. The molecular weight excluding hydrogens is 607 g/mol. The monoisotopic (exact) mass is 639 g/mol. The third-order valence-electron chi connectivity index (χ3n) is 8.31. The first-order valence-electron chi connectivity index (χ1n) is 15.3. The van der Waals surface area contributed by atoms with Crippen LogP contribution in [0.5, 0.6) is 0 Å². The Kier molecular flexibility index (Phi) is 9.05. The van der Waals surface area contributed by atoms with Crippen molar-refractivity contribution < 1.29 is 22.8 Å². The zero-order valence-corrected chi connectivity index (χ0v) is 25.6. The summed E-state index contributed by atoms with van der Waals surface area (Å²) >= 11 is 0. The summed E-state index contributed by atoms with van der Waals surface area (Å²) in [5, 5.41) is 5.35. The van der Waals surface area contributed by atoms with E-state index >= 15 is 0 Å². The van der Waals surface area contributed by atoms with Gasteiger partial charge in [0.1, 0.15) is 24.0 Å². The van der Waals surface area contributed by atoms with Gasteiger partial charge in [0.25, 0.3) is 5.91 Å². The lowest BCUT2D eigenvalue weighted by Crippen LogP contribution is -2.36. The molecule has 5 aromatic rings. The Hall–Kier alpha value is -5.45. The number of nitrogens with zero attached hydrogens (tertiary/aromatic N) is 3. The van der Waals surface area contributed by atoms with Crippen molar-refractivity contribution in [1.82, 2.24) is 24.8 Å². The van der Waals surface area contributed by atoms with E-state index in [-0.39, 0.29) is 29.8 Å². The van der Waals surface area contributed by atoms with Crippen LogP contribution in [0, 0.1) is 17.5 Å². The number of rotatable bonds is 9. The van der Waals surface area contributed by atoms with Crippen LogP contribution in [0.25, 0.3) is 27.9 Å². The number of nitrogens with one attached hydrogen (secondary N) is 2. The normalized spacial score (nSPS) is 13.7. The Labute approximate surface area is 268 Å². The summed E-state index contributed by atoms with van der Waals surface area (Å²) < 4.78 is 46.1. The van der Waals surface area contributed by atoms with Gasteiger partial charge in [-0.1, -0.05) is 30.3 Å². The number of carbonyl (C=O) groups excluding carboxylic acids is 2. The molecule has 1 aliphatic rings. The third kappa shape index (κ3) is 6.60. The van der Waals surface area contributed by atoms with Crippen molar-refractivity contribution in [2.24, 2.45) is 0 Å². The number of allylic oxidation sites excluding steroid dienone is 2. The molecule has 0 saturated carbocycles. The molecule has 11 heteroatoms. The van der Waals surface area contributed by atoms with Crippen molar-refractivity contribution in [2.45, 2.75) is 44.7 Å². The van der Waals surface area contributed by atoms with Crippen molar-refractivity contribution >= 4 is 28.5 Å². The summed E-state index contributed by atoms with van der Waals surface area (Å²) in [6.07, 6.45) is 7.14. The molecule has 0 radical (unpaired) electrons. The number of pyridine rings is 1. The van der Waals surface area contributed by atoms with Gasteiger partial charge < -0.3 is 10.6 Å². The Morgan fingerprint density at radius 1 is 0.936 bits per heavy atom. The van der Waals surface area contributed by atoms with Crippen molar-refractivity contribution in [1.29, 1.82) is 0 Å². The van der Waals surface area contributed by atoms with Crippen LogP contribution in [0.1, 0.15) is 53.3 Å². The lowest BCUT2D eigenvalue weighted by molar-refractivity contribution is -0.122. The first-order chi connectivity index (χ1) is 22.7. The highest BCUT2D eigenvalue weighted by molar-refractivity contribution is 5.95. The van der Waals surface area contributed by atoms with E-state index in [4.69, 9.17) is 0 Å². The maximum atomic E-state index is 14.6. The van der Waals surface area contributed by atoms with Gasteiger partial charge in [-0.05, 0) is 85.7 Å². The zero-order valence-electron chi connectivity index (χ0n) is 25.6. The predicted octanol–water partition coefficient (Wildman–Crippen LogP) is 6.16. The highest BCUT2D eigenvalue weighted by atomic mass is 19.1. The van der Waals surface area contributed by atoms with E-state index < -0.39 is 35.3 Å². The summed E-state index contributed by atoms with van der Waals surface area (Å²) in [6, 6.07) is 16.8. The molecule has 0 unspecified atom stereocenters. The summed E-state index contributed by atoms with van der Waals surface area (Å²) in [4.78, 5) is 44.5. The molecule has 1 aliphatic carbocycles. The fraction of sp³-hybridized carbons (Fsp3) is 0.222. The molecule has 0 saturated heterocycles. The van der Waals surface area contributed by atoms with E-state index in [0.29, 0.717) is 27.9 Å². The van der Waals surface area contributed by atoms with E-state index in [1.807, 2.05) is 12.1 Å². The Balaban J connectivity index is 1.39. The largest absolute Gasteiger partial charge is 0.355 e. The van der Waals surface area contributed by atoms with Gasteiger partial charge in [-0.25, -0.2) is 18.0 Å². The number of carbonyl (C=O) groups is 2. The second-order valence-electron chi connectivity index (χ2n) is 11.4. The second kappa shape index (κ2) is 13.5. The molecule has 47 heavy (non-hydrogen) atoms. The number of para-hydroxylation sites is 2. The fourth-order valence-electron chi connectivity index (χ4n) is 6.17. The van der Waals surface area contributed by atoms with Crippen molar-refractivity contribution in [3.63, 3.8) is 0 Å². The number of amides is 2. The minimum Gasteiger partial charge on any atom is -0.355 e. The molecule has 6 rings (SSSR count). The third-order valence-corrected chi connectivity index (χ3v) is 8.31. The minimum absolute atomic E-state index is 0.0581. The molecule has 2 amide bonds. The van der Waals surface area contributed by atoms with E-state index in [9.17, 15) is 27.6 Å². The van der Waals surface area contributed by atoms with E-state index in [0.717, 1.165) is 43.5 Å². The topological polar surface area (TPSA) is 98.0 Å². The molecule has 2 heterocycles. The van der Waals surface area contributed by atoms with Gasteiger partial charge >= 0.3 is 5.69 Å². The fourth-order valence-corrected chi connectivity index (χ4v) is 6.17. The van der Waals surface area contributed by atoms with Gasteiger partial charge in [-0.3, -0.25) is 23.7 Å². The highest BCUT2D eigenvalue weighted by Crippen LogP contribution is 2.31. The number of imidazole rings is 1. The molecule has 2 aromatic heterocycles.